The first-order valence-corrected chi connectivity index (χ1v) is 7.24. The zero-order valence-corrected chi connectivity index (χ0v) is 12.0. The first kappa shape index (κ1) is 12.6. The van der Waals surface area contributed by atoms with Gasteiger partial charge in [-0.3, -0.25) is 0 Å². The van der Waals surface area contributed by atoms with E-state index in [4.69, 9.17) is 4.74 Å². The molecule has 1 aromatic rings. The third-order valence-corrected chi connectivity index (χ3v) is 4.74. The number of phenolic OH excluding ortho intramolecular Hbond substituents is 1. The molecule has 1 unspecified atom stereocenters. The average molecular weight is 252 g/mol. The Morgan fingerprint density at radius 1 is 1.35 bits per heavy atom. The first-order chi connectivity index (χ1) is 7.93. The maximum absolute atomic E-state index is 10.2. The van der Waals surface area contributed by atoms with E-state index < -0.39 is 0 Å². The summed E-state index contributed by atoms with van der Waals surface area (Å²) in [7, 11) is 0. The molecule has 1 atom stereocenters. The molecule has 17 heavy (non-hydrogen) atoms. The molecule has 1 aromatic carbocycles. The zero-order valence-electron chi connectivity index (χ0n) is 11.2. The molecule has 1 heterocycles. The van der Waals surface area contributed by atoms with Gasteiger partial charge >= 0.3 is 0 Å². The van der Waals surface area contributed by atoms with Crippen LogP contribution in [0.1, 0.15) is 37.0 Å². The Morgan fingerprint density at radius 2 is 2.00 bits per heavy atom. The Labute approximate surface area is 107 Å². The van der Waals surface area contributed by atoms with E-state index in [1.807, 2.05) is 20.1 Å². The van der Waals surface area contributed by atoms with E-state index in [0.717, 1.165) is 34.6 Å². The molecule has 2 rings (SSSR count). The predicted octanol–water partition coefficient (Wildman–Crippen LogP) is 3.83. The van der Waals surface area contributed by atoms with Crippen LogP contribution in [0.3, 0.4) is 0 Å². The van der Waals surface area contributed by atoms with Crippen molar-refractivity contribution in [1.82, 2.24) is 0 Å². The van der Waals surface area contributed by atoms with E-state index in [-0.39, 0.29) is 5.60 Å². The van der Waals surface area contributed by atoms with Gasteiger partial charge < -0.3 is 9.84 Å². The number of thioether (sulfide) groups is 1. The highest BCUT2D eigenvalue weighted by atomic mass is 32.2. The Balaban J connectivity index is 2.62. The van der Waals surface area contributed by atoms with Crippen molar-refractivity contribution >= 4 is 11.8 Å². The number of aromatic hydroxyl groups is 1. The minimum atomic E-state index is -0.110. The number of fused-ring (bicyclic) bond motifs is 1. The van der Waals surface area contributed by atoms with Crippen LogP contribution in [-0.4, -0.2) is 17.0 Å². The van der Waals surface area contributed by atoms with Crippen molar-refractivity contribution < 1.29 is 9.84 Å². The zero-order chi connectivity index (χ0) is 12.8. The van der Waals surface area contributed by atoms with Crippen LogP contribution in [0.25, 0.3) is 0 Å². The quantitative estimate of drug-likeness (QED) is 0.811. The SMILES string of the molecule is CCC1(C)Cc2c(C)c(O)c(SC)c(C)c2O1. The van der Waals surface area contributed by atoms with Gasteiger partial charge in [0.15, 0.2) is 0 Å². The lowest BCUT2D eigenvalue weighted by atomic mass is 9.93. The number of ether oxygens (including phenoxy) is 1. The molecule has 0 radical (unpaired) electrons. The van der Waals surface area contributed by atoms with Crippen LogP contribution in [0, 0.1) is 13.8 Å². The van der Waals surface area contributed by atoms with E-state index in [1.54, 1.807) is 11.8 Å². The third-order valence-electron chi connectivity index (χ3n) is 3.83. The molecule has 2 nitrogen and oxygen atoms in total. The third kappa shape index (κ3) is 1.81. The summed E-state index contributed by atoms with van der Waals surface area (Å²) >= 11 is 1.58. The standard InChI is InChI=1S/C14H20O2S/c1-6-14(4)7-10-8(2)11(15)13(17-5)9(3)12(10)16-14/h15H,6-7H2,1-5H3. The highest BCUT2D eigenvalue weighted by molar-refractivity contribution is 7.98. The Kier molecular flexibility index (Phi) is 3.06. The van der Waals surface area contributed by atoms with Gasteiger partial charge in [-0.25, -0.2) is 0 Å². The van der Waals surface area contributed by atoms with E-state index in [9.17, 15) is 5.11 Å². The van der Waals surface area contributed by atoms with Crippen molar-refractivity contribution in [2.75, 3.05) is 6.26 Å². The number of phenols is 1. The van der Waals surface area contributed by atoms with Gasteiger partial charge in [0.05, 0.1) is 4.90 Å². The van der Waals surface area contributed by atoms with Gasteiger partial charge in [-0.05, 0) is 39.0 Å². The maximum Gasteiger partial charge on any atom is 0.132 e. The average Bonchev–Trinajstić information content (AvgIpc) is 2.67. The van der Waals surface area contributed by atoms with E-state index >= 15 is 0 Å². The Morgan fingerprint density at radius 3 is 2.53 bits per heavy atom. The molecule has 0 aliphatic carbocycles. The van der Waals surface area contributed by atoms with Gasteiger partial charge in [-0.15, -0.1) is 11.8 Å². The highest BCUT2D eigenvalue weighted by Crippen LogP contribution is 2.48. The summed E-state index contributed by atoms with van der Waals surface area (Å²) in [5, 5.41) is 10.2. The monoisotopic (exact) mass is 252 g/mol. The van der Waals surface area contributed by atoms with Crippen LogP contribution in [-0.2, 0) is 6.42 Å². The van der Waals surface area contributed by atoms with Gasteiger partial charge in [0.2, 0.25) is 0 Å². The van der Waals surface area contributed by atoms with Crippen LogP contribution in [0.5, 0.6) is 11.5 Å². The van der Waals surface area contributed by atoms with Gasteiger partial charge in [-0.1, -0.05) is 6.92 Å². The topological polar surface area (TPSA) is 29.5 Å². The van der Waals surface area contributed by atoms with E-state index in [0.29, 0.717) is 5.75 Å². The Hall–Kier alpha value is -0.830. The Bertz CT molecular complexity index is 468. The van der Waals surface area contributed by atoms with Gasteiger partial charge in [0, 0.05) is 17.5 Å². The summed E-state index contributed by atoms with van der Waals surface area (Å²) in [6.45, 7) is 8.30. The van der Waals surface area contributed by atoms with Crippen molar-refractivity contribution in [2.45, 2.75) is 51.0 Å². The molecule has 3 heteroatoms. The van der Waals surface area contributed by atoms with Gasteiger partial charge in [0.1, 0.15) is 17.1 Å². The molecule has 0 aromatic heterocycles. The molecule has 94 valence electrons. The normalized spacial score (nSPS) is 22.4. The number of hydrogen-bond donors (Lipinski definition) is 1. The van der Waals surface area contributed by atoms with Crippen molar-refractivity contribution in [3.05, 3.63) is 16.7 Å². The minimum absolute atomic E-state index is 0.110. The molecule has 0 fully saturated rings. The van der Waals surface area contributed by atoms with Crippen molar-refractivity contribution in [2.24, 2.45) is 0 Å². The predicted molar refractivity (Wildman–Crippen MR) is 72.4 cm³/mol. The minimum Gasteiger partial charge on any atom is -0.506 e. The molecule has 1 aliphatic rings. The summed E-state index contributed by atoms with van der Waals surface area (Å²) < 4.78 is 6.13. The smallest absolute Gasteiger partial charge is 0.132 e. The lowest BCUT2D eigenvalue weighted by Gasteiger charge is -2.22. The number of hydrogen-bond acceptors (Lipinski definition) is 3. The lowest BCUT2D eigenvalue weighted by Crippen LogP contribution is -2.28. The van der Waals surface area contributed by atoms with Gasteiger partial charge in [-0.2, -0.15) is 0 Å². The van der Waals surface area contributed by atoms with Crippen LogP contribution >= 0.6 is 11.8 Å². The fraction of sp³-hybridized carbons (Fsp3) is 0.571. The molecule has 1 N–H and O–H groups in total. The van der Waals surface area contributed by atoms with E-state index in [2.05, 4.69) is 13.8 Å². The fourth-order valence-corrected chi connectivity index (χ4v) is 3.19. The van der Waals surface area contributed by atoms with Crippen molar-refractivity contribution in [1.29, 1.82) is 0 Å². The molecule has 0 saturated carbocycles. The van der Waals surface area contributed by atoms with Crippen LogP contribution in [0.2, 0.25) is 0 Å². The van der Waals surface area contributed by atoms with Gasteiger partial charge in [0.25, 0.3) is 0 Å². The van der Waals surface area contributed by atoms with Crippen LogP contribution < -0.4 is 4.74 Å². The maximum atomic E-state index is 10.2. The number of rotatable bonds is 2. The molecular weight excluding hydrogens is 232 g/mol. The molecule has 1 aliphatic heterocycles. The van der Waals surface area contributed by atoms with Crippen molar-refractivity contribution in [3.63, 3.8) is 0 Å². The summed E-state index contributed by atoms with van der Waals surface area (Å²) in [5.74, 6) is 1.42. The van der Waals surface area contributed by atoms with Crippen LogP contribution in [0.4, 0.5) is 0 Å². The van der Waals surface area contributed by atoms with Crippen LogP contribution in [0.15, 0.2) is 4.90 Å². The molecule has 0 bridgehead atoms. The summed E-state index contributed by atoms with van der Waals surface area (Å²) in [6.07, 6.45) is 3.87. The second-order valence-corrected chi connectivity index (χ2v) is 5.84. The molecule has 0 saturated heterocycles. The highest BCUT2D eigenvalue weighted by Gasteiger charge is 2.37. The summed E-state index contributed by atoms with van der Waals surface area (Å²) in [4.78, 5) is 0.946. The number of benzene rings is 1. The van der Waals surface area contributed by atoms with Crippen molar-refractivity contribution in [3.8, 4) is 11.5 Å². The second kappa shape index (κ2) is 4.13. The van der Waals surface area contributed by atoms with E-state index in [1.165, 1.54) is 5.56 Å². The first-order valence-electron chi connectivity index (χ1n) is 6.01. The second-order valence-electron chi connectivity index (χ2n) is 5.02. The summed E-state index contributed by atoms with van der Waals surface area (Å²) in [6, 6.07) is 0. The largest absolute Gasteiger partial charge is 0.506 e. The fourth-order valence-electron chi connectivity index (χ4n) is 2.44. The summed E-state index contributed by atoms with van der Waals surface area (Å²) in [5.41, 5.74) is 3.13. The molecule has 0 amide bonds. The molecule has 0 spiro atoms. The lowest BCUT2D eigenvalue weighted by molar-refractivity contribution is 0.111. The molecular formula is C14H20O2S.